The first-order valence-electron chi connectivity index (χ1n) is 3.53. The van der Waals surface area contributed by atoms with Crippen molar-refractivity contribution in [3.63, 3.8) is 0 Å². The van der Waals surface area contributed by atoms with Crippen LogP contribution in [0.4, 0.5) is 0 Å². The van der Waals surface area contributed by atoms with Crippen LogP contribution in [0.1, 0.15) is 26.7 Å². The van der Waals surface area contributed by atoms with Crippen LogP contribution in [0.25, 0.3) is 0 Å². The first-order chi connectivity index (χ1) is 4.68. The van der Waals surface area contributed by atoms with E-state index < -0.39 is 0 Å². The second kappa shape index (κ2) is 2.86. The largest absolute Gasteiger partial charge is 0.458 e. The molecule has 0 aromatic rings. The van der Waals surface area contributed by atoms with E-state index in [4.69, 9.17) is 4.74 Å². The molecule has 56 valence electrons. The quantitative estimate of drug-likeness (QED) is 0.409. The number of carbonyl (C=O) groups is 1. The zero-order valence-corrected chi connectivity index (χ0v) is 6.39. The summed E-state index contributed by atoms with van der Waals surface area (Å²) in [5.41, 5.74) is 1.21. The number of carbonyl (C=O) groups excluding carboxylic acids is 1. The van der Waals surface area contributed by atoms with E-state index in [0.717, 1.165) is 6.42 Å². The van der Waals surface area contributed by atoms with Crippen LogP contribution in [0.5, 0.6) is 0 Å². The lowest BCUT2D eigenvalue weighted by Crippen LogP contribution is -2.02. The summed E-state index contributed by atoms with van der Waals surface area (Å²) in [5, 5.41) is 0. The van der Waals surface area contributed by atoms with E-state index in [9.17, 15) is 4.79 Å². The molecule has 0 spiro atoms. The summed E-state index contributed by atoms with van der Waals surface area (Å²) in [6, 6.07) is 0. The molecule has 1 heterocycles. The Kier molecular flexibility index (Phi) is 2.10. The smallest absolute Gasteiger partial charge is 0.306 e. The van der Waals surface area contributed by atoms with Crippen LogP contribution >= 0.6 is 0 Å². The van der Waals surface area contributed by atoms with E-state index >= 15 is 0 Å². The lowest BCUT2D eigenvalue weighted by molar-refractivity contribution is -0.140. The van der Waals surface area contributed by atoms with Crippen LogP contribution in [0.3, 0.4) is 0 Å². The Labute approximate surface area is 60.9 Å². The van der Waals surface area contributed by atoms with E-state index in [1.54, 1.807) is 0 Å². The third-order valence-corrected chi connectivity index (χ3v) is 1.44. The first-order valence-corrected chi connectivity index (χ1v) is 3.53. The molecule has 10 heavy (non-hydrogen) atoms. The molecule has 0 N–H and O–H groups in total. The third-order valence-electron chi connectivity index (χ3n) is 1.44. The minimum atomic E-state index is -0.0671. The Bertz CT molecular complexity index is 166. The maximum absolute atomic E-state index is 10.6. The van der Waals surface area contributed by atoms with E-state index in [0.29, 0.717) is 6.42 Å². The van der Waals surface area contributed by atoms with Crippen LogP contribution < -0.4 is 0 Å². The molecule has 0 aliphatic carbocycles. The van der Waals surface area contributed by atoms with Gasteiger partial charge in [0.05, 0.1) is 0 Å². The average Bonchev–Trinajstić information content (AvgIpc) is 2.13. The zero-order valence-electron chi connectivity index (χ0n) is 6.39. The summed E-state index contributed by atoms with van der Waals surface area (Å²) >= 11 is 0. The maximum Gasteiger partial charge on any atom is 0.306 e. The maximum atomic E-state index is 10.6. The summed E-state index contributed by atoms with van der Waals surface area (Å²) in [6.45, 7) is 4.01. The Hall–Kier alpha value is -0.790. The number of esters is 1. The van der Waals surface area contributed by atoms with Gasteiger partial charge in [0.1, 0.15) is 6.10 Å². The van der Waals surface area contributed by atoms with Gasteiger partial charge in [-0.1, -0.05) is 5.57 Å². The Morgan fingerprint density at radius 2 is 2.40 bits per heavy atom. The van der Waals surface area contributed by atoms with Crippen molar-refractivity contribution in [2.24, 2.45) is 0 Å². The summed E-state index contributed by atoms with van der Waals surface area (Å²) < 4.78 is 4.96. The normalized spacial score (nSPS) is 24.2. The molecule has 1 saturated heterocycles. The molecule has 2 heteroatoms. The molecule has 0 unspecified atom stereocenters. The third kappa shape index (κ3) is 1.87. The van der Waals surface area contributed by atoms with Gasteiger partial charge in [-0.25, -0.2) is 0 Å². The second-order valence-electron chi connectivity index (χ2n) is 2.81. The van der Waals surface area contributed by atoms with Gasteiger partial charge in [0.25, 0.3) is 0 Å². The lowest BCUT2D eigenvalue weighted by atomic mass is 10.2. The highest BCUT2D eigenvalue weighted by molar-refractivity contribution is 5.71. The molecule has 2 nitrogen and oxygen atoms in total. The van der Waals surface area contributed by atoms with Crippen molar-refractivity contribution in [3.05, 3.63) is 11.6 Å². The second-order valence-corrected chi connectivity index (χ2v) is 2.81. The highest BCUT2D eigenvalue weighted by atomic mass is 16.5. The monoisotopic (exact) mass is 140 g/mol. The van der Waals surface area contributed by atoms with Gasteiger partial charge in [-0.15, -0.1) is 0 Å². The molecule has 0 bridgehead atoms. The number of hydrogen-bond donors (Lipinski definition) is 0. The number of allylic oxidation sites excluding steroid dienone is 1. The van der Waals surface area contributed by atoms with Crippen molar-refractivity contribution in [2.45, 2.75) is 32.8 Å². The topological polar surface area (TPSA) is 26.3 Å². The fraction of sp³-hybridized carbons (Fsp3) is 0.625. The molecule has 0 saturated carbocycles. The highest BCUT2D eigenvalue weighted by Crippen LogP contribution is 2.15. The average molecular weight is 140 g/mol. The number of rotatable bonds is 1. The fourth-order valence-electron chi connectivity index (χ4n) is 1.04. The van der Waals surface area contributed by atoms with Crippen molar-refractivity contribution in [2.75, 3.05) is 0 Å². The Morgan fingerprint density at radius 3 is 2.80 bits per heavy atom. The van der Waals surface area contributed by atoms with Gasteiger partial charge in [0.15, 0.2) is 0 Å². The van der Waals surface area contributed by atoms with Gasteiger partial charge in [-0.05, 0) is 26.3 Å². The molecule has 1 rings (SSSR count). The molecular weight excluding hydrogens is 128 g/mol. The van der Waals surface area contributed by atoms with Crippen LogP contribution in [-0.4, -0.2) is 12.1 Å². The zero-order chi connectivity index (χ0) is 7.56. The van der Waals surface area contributed by atoms with Gasteiger partial charge in [0.2, 0.25) is 0 Å². The molecule has 1 aliphatic rings. The van der Waals surface area contributed by atoms with E-state index in [-0.39, 0.29) is 12.1 Å². The van der Waals surface area contributed by atoms with Crippen molar-refractivity contribution < 1.29 is 9.53 Å². The van der Waals surface area contributed by atoms with Crippen LogP contribution in [0.2, 0.25) is 0 Å². The summed E-state index contributed by atoms with van der Waals surface area (Å²) in [5.74, 6) is -0.0671. The van der Waals surface area contributed by atoms with Crippen LogP contribution in [0.15, 0.2) is 11.6 Å². The van der Waals surface area contributed by atoms with Gasteiger partial charge in [-0.2, -0.15) is 0 Å². The predicted molar refractivity (Wildman–Crippen MR) is 38.5 cm³/mol. The Balaban J connectivity index is 2.46. The molecule has 0 radical (unpaired) electrons. The molecular formula is C8H12O2. The summed E-state index contributed by atoms with van der Waals surface area (Å²) in [7, 11) is 0. The highest BCUT2D eigenvalue weighted by Gasteiger charge is 2.20. The molecule has 1 aliphatic heterocycles. The van der Waals surface area contributed by atoms with E-state index in [2.05, 4.69) is 0 Å². The SMILES string of the molecule is CC(C)=C[C@@H]1CCC(=O)O1. The molecule has 0 aromatic carbocycles. The van der Waals surface area contributed by atoms with Gasteiger partial charge in [0, 0.05) is 6.42 Å². The standard InChI is InChI=1S/C8H12O2/c1-6(2)5-7-3-4-8(9)10-7/h5,7H,3-4H2,1-2H3/t7-/m0/s1. The van der Waals surface area contributed by atoms with Crippen molar-refractivity contribution in [1.82, 2.24) is 0 Å². The van der Waals surface area contributed by atoms with E-state index in [1.807, 2.05) is 19.9 Å². The molecule has 0 amide bonds. The minimum Gasteiger partial charge on any atom is -0.458 e. The number of ether oxygens (including phenoxy) is 1. The fourth-order valence-corrected chi connectivity index (χ4v) is 1.04. The number of hydrogen-bond acceptors (Lipinski definition) is 2. The van der Waals surface area contributed by atoms with Crippen molar-refractivity contribution in [3.8, 4) is 0 Å². The van der Waals surface area contributed by atoms with Crippen molar-refractivity contribution >= 4 is 5.97 Å². The van der Waals surface area contributed by atoms with E-state index in [1.165, 1.54) is 5.57 Å². The summed E-state index contributed by atoms with van der Waals surface area (Å²) in [6.07, 6.45) is 3.47. The van der Waals surface area contributed by atoms with Crippen LogP contribution in [-0.2, 0) is 9.53 Å². The van der Waals surface area contributed by atoms with Gasteiger partial charge in [-0.3, -0.25) is 4.79 Å². The minimum absolute atomic E-state index is 0.0532. The lowest BCUT2D eigenvalue weighted by Gasteiger charge is -2.01. The van der Waals surface area contributed by atoms with Gasteiger partial charge >= 0.3 is 5.97 Å². The molecule has 1 fully saturated rings. The first kappa shape index (κ1) is 7.32. The molecule has 1 atom stereocenters. The molecule has 0 aromatic heterocycles. The Morgan fingerprint density at radius 1 is 1.70 bits per heavy atom. The predicted octanol–water partition coefficient (Wildman–Crippen LogP) is 1.66. The van der Waals surface area contributed by atoms with Crippen LogP contribution in [0, 0.1) is 0 Å². The summed E-state index contributed by atoms with van der Waals surface area (Å²) in [4.78, 5) is 10.6. The van der Waals surface area contributed by atoms with Crippen molar-refractivity contribution in [1.29, 1.82) is 0 Å². The number of cyclic esters (lactones) is 1. The van der Waals surface area contributed by atoms with Gasteiger partial charge < -0.3 is 4.74 Å².